The molecule has 156 valence electrons. The maximum Gasteiger partial charge on any atom is 0.273 e. The lowest BCUT2D eigenvalue weighted by atomic mass is 9.76. The molecular formula is C22H21ClN2O4S. The van der Waals surface area contributed by atoms with Crippen molar-refractivity contribution in [1.29, 1.82) is 0 Å². The van der Waals surface area contributed by atoms with Crippen molar-refractivity contribution >= 4 is 46.4 Å². The van der Waals surface area contributed by atoms with E-state index in [1.165, 1.54) is 23.5 Å². The molecule has 1 saturated heterocycles. The fraction of sp³-hybridized carbons (Fsp3) is 0.364. The first-order chi connectivity index (χ1) is 14.4. The Balaban J connectivity index is 1.68. The van der Waals surface area contributed by atoms with Gasteiger partial charge in [-0.15, -0.1) is 11.3 Å². The maximum atomic E-state index is 13.3. The lowest BCUT2D eigenvalue weighted by molar-refractivity contribution is -0.154. The first-order valence-electron chi connectivity index (χ1n) is 9.88. The van der Waals surface area contributed by atoms with E-state index in [4.69, 9.17) is 11.6 Å². The van der Waals surface area contributed by atoms with Crippen molar-refractivity contribution < 1.29 is 19.2 Å². The van der Waals surface area contributed by atoms with Gasteiger partial charge in [-0.3, -0.25) is 19.2 Å². The van der Waals surface area contributed by atoms with Crippen LogP contribution in [0.1, 0.15) is 46.2 Å². The molecule has 2 fully saturated rings. The van der Waals surface area contributed by atoms with Gasteiger partial charge in [-0.25, -0.2) is 5.01 Å². The number of amides is 3. The number of hydrogen-bond donors (Lipinski definition) is 0. The van der Waals surface area contributed by atoms with Gasteiger partial charge in [-0.1, -0.05) is 24.6 Å². The number of ketones is 1. The van der Waals surface area contributed by atoms with Crippen LogP contribution in [0, 0.1) is 17.8 Å². The normalized spacial score (nSPS) is 23.4. The summed E-state index contributed by atoms with van der Waals surface area (Å²) in [5, 5.41) is 4.16. The van der Waals surface area contributed by atoms with Crippen LogP contribution < -0.4 is 0 Å². The molecule has 1 aliphatic heterocycles. The van der Waals surface area contributed by atoms with Crippen LogP contribution in [0.4, 0.5) is 0 Å². The summed E-state index contributed by atoms with van der Waals surface area (Å²) >= 11 is 7.18. The number of rotatable bonds is 5. The largest absolute Gasteiger partial charge is 0.291 e. The number of hydrazine groups is 1. The zero-order valence-corrected chi connectivity index (χ0v) is 18.0. The third-order valence-corrected chi connectivity index (χ3v) is 6.98. The highest BCUT2D eigenvalue weighted by Gasteiger charge is 2.52. The van der Waals surface area contributed by atoms with Gasteiger partial charge in [0, 0.05) is 10.6 Å². The fourth-order valence-electron chi connectivity index (χ4n) is 4.24. The molecule has 3 atom stereocenters. The summed E-state index contributed by atoms with van der Waals surface area (Å²) in [6.07, 6.45) is 2.11. The Morgan fingerprint density at radius 3 is 2.47 bits per heavy atom. The lowest BCUT2D eigenvalue weighted by Crippen LogP contribution is -2.52. The van der Waals surface area contributed by atoms with Crippen molar-refractivity contribution in [2.24, 2.45) is 17.8 Å². The summed E-state index contributed by atoms with van der Waals surface area (Å²) in [7, 11) is 0. The van der Waals surface area contributed by atoms with Gasteiger partial charge in [0.1, 0.15) is 6.54 Å². The minimum absolute atomic E-state index is 0.252. The second-order valence-electron chi connectivity index (χ2n) is 7.89. The van der Waals surface area contributed by atoms with E-state index in [1.54, 1.807) is 29.6 Å². The van der Waals surface area contributed by atoms with Crippen LogP contribution in [0.5, 0.6) is 0 Å². The van der Waals surface area contributed by atoms with Crippen molar-refractivity contribution in [3.63, 3.8) is 0 Å². The molecule has 2 aliphatic rings. The van der Waals surface area contributed by atoms with Crippen LogP contribution in [-0.4, -0.2) is 40.1 Å². The van der Waals surface area contributed by atoms with Crippen LogP contribution in [0.15, 0.2) is 41.8 Å². The maximum absolute atomic E-state index is 13.3. The summed E-state index contributed by atoms with van der Waals surface area (Å²) in [5.74, 6) is -2.20. The van der Waals surface area contributed by atoms with Gasteiger partial charge in [0.15, 0.2) is 5.78 Å². The molecule has 2 heterocycles. The Bertz CT molecular complexity index is 989. The predicted molar refractivity (Wildman–Crippen MR) is 113 cm³/mol. The molecule has 1 aliphatic carbocycles. The van der Waals surface area contributed by atoms with Gasteiger partial charge in [0.05, 0.1) is 16.7 Å². The molecule has 8 heteroatoms. The minimum Gasteiger partial charge on any atom is -0.291 e. The molecule has 1 aromatic heterocycles. The van der Waals surface area contributed by atoms with E-state index in [0.29, 0.717) is 28.7 Å². The summed E-state index contributed by atoms with van der Waals surface area (Å²) in [5.41, 5.74) is 0.252. The average molecular weight is 445 g/mol. The van der Waals surface area contributed by atoms with E-state index >= 15 is 0 Å². The Kier molecular flexibility index (Phi) is 5.75. The SMILES string of the molecule is C[C@@H]1CC[C@@H]2C(=O)N(N(CC(=O)c3cccs3)C(=O)c3ccc(Cl)cc3)C(=O)[C@H]2C1. The number of thiophene rings is 1. The highest BCUT2D eigenvalue weighted by Crippen LogP contribution is 2.41. The molecule has 1 aromatic carbocycles. The summed E-state index contributed by atoms with van der Waals surface area (Å²) in [6.45, 7) is 1.68. The summed E-state index contributed by atoms with van der Waals surface area (Å²) < 4.78 is 0. The molecule has 0 bridgehead atoms. The molecule has 2 aromatic rings. The fourth-order valence-corrected chi connectivity index (χ4v) is 5.02. The van der Waals surface area contributed by atoms with Crippen molar-refractivity contribution in [3.8, 4) is 0 Å². The monoisotopic (exact) mass is 444 g/mol. The van der Waals surface area contributed by atoms with Gasteiger partial charge >= 0.3 is 0 Å². The Morgan fingerprint density at radius 2 is 1.80 bits per heavy atom. The first-order valence-corrected chi connectivity index (χ1v) is 11.1. The number of fused-ring (bicyclic) bond motifs is 1. The van der Waals surface area contributed by atoms with E-state index in [0.717, 1.165) is 16.4 Å². The smallest absolute Gasteiger partial charge is 0.273 e. The molecule has 3 amide bonds. The van der Waals surface area contributed by atoms with E-state index in [2.05, 4.69) is 6.92 Å². The van der Waals surface area contributed by atoms with E-state index < -0.39 is 29.6 Å². The van der Waals surface area contributed by atoms with Gasteiger partial charge in [0.2, 0.25) is 0 Å². The number of benzene rings is 1. The van der Waals surface area contributed by atoms with Crippen LogP contribution in [0.3, 0.4) is 0 Å². The van der Waals surface area contributed by atoms with Crippen molar-refractivity contribution in [2.75, 3.05) is 6.54 Å². The third kappa shape index (κ3) is 3.79. The molecule has 30 heavy (non-hydrogen) atoms. The molecule has 0 spiro atoms. The van der Waals surface area contributed by atoms with E-state index in [1.807, 2.05) is 0 Å². The quantitative estimate of drug-likeness (QED) is 0.514. The molecule has 1 saturated carbocycles. The Morgan fingerprint density at radius 1 is 1.10 bits per heavy atom. The second kappa shape index (κ2) is 8.32. The van der Waals surface area contributed by atoms with Gasteiger partial charge < -0.3 is 0 Å². The number of carbonyl (C=O) groups excluding carboxylic acids is 4. The summed E-state index contributed by atoms with van der Waals surface area (Å²) in [4.78, 5) is 52.9. The van der Waals surface area contributed by atoms with Crippen LogP contribution in [0.25, 0.3) is 0 Å². The number of nitrogens with zero attached hydrogens (tertiary/aromatic N) is 2. The average Bonchev–Trinajstić information content (AvgIpc) is 3.34. The van der Waals surface area contributed by atoms with E-state index in [9.17, 15) is 19.2 Å². The number of halogens is 1. The van der Waals surface area contributed by atoms with Crippen LogP contribution >= 0.6 is 22.9 Å². The standard InChI is InChI=1S/C22H21ClN2O4S/c1-13-4-9-16-17(11-13)22(29)25(21(16)28)24(12-18(26)19-3-2-10-30-19)20(27)14-5-7-15(23)8-6-14/h2-3,5-8,10,13,16-17H,4,9,11-12H2,1H3/t13-,16+,17+/m1/s1. The molecule has 6 nitrogen and oxygen atoms in total. The highest BCUT2D eigenvalue weighted by atomic mass is 35.5. The Labute approximate surface area is 183 Å². The van der Waals surface area contributed by atoms with Gasteiger partial charge in [-0.05, 0) is 60.9 Å². The van der Waals surface area contributed by atoms with Crippen LogP contribution in [0.2, 0.25) is 5.02 Å². The number of hydrogen-bond acceptors (Lipinski definition) is 5. The third-order valence-electron chi connectivity index (χ3n) is 5.82. The zero-order valence-electron chi connectivity index (χ0n) is 16.4. The van der Waals surface area contributed by atoms with Gasteiger partial charge in [-0.2, -0.15) is 5.01 Å². The van der Waals surface area contributed by atoms with Crippen LogP contribution in [-0.2, 0) is 9.59 Å². The van der Waals surface area contributed by atoms with Crippen molar-refractivity contribution in [2.45, 2.75) is 26.2 Å². The van der Waals surface area contributed by atoms with E-state index in [-0.39, 0.29) is 17.9 Å². The number of carbonyl (C=O) groups is 4. The second-order valence-corrected chi connectivity index (χ2v) is 9.27. The highest BCUT2D eigenvalue weighted by molar-refractivity contribution is 7.12. The molecule has 0 unspecified atom stereocenters. The van der Waals surface area contributed by atoms with Gasteiger partial charge in [0.25, 0.3) is 17.7 Å². The first kappa shape index (κ1) is 20.8. The number of Topliss-reactive ketones (excluding diaryl/α,β-unsaturated/α-hetero) is 1. The Hall–Kier alpha value is -2.51. The predicted octanol–water partition coefficient (Wildman–Crippen LogP) is 4.06. The number of imide groups is 1. The zero-order chi connectivity index (χ0) is 21.4. The van der Waals surface area contributed by atoms with Crippen molar-refractivity contribution in [1.82, 2.24) is 10.0 Å². The summed E-state index contributed by atoms with van der Waals surface area (Å²) in [6, 6.07) is 9.56. The molecule has 0 radical (unpaired) electrons. The van der Waals surface area contributed by atoms with Crippen molar-refractivity contribution in [3.05, 3.63) is 57.2 Å². The minimum atomic E-state index is -0.579. The molecular weight excluding hydrogens is 424 g/mol. The molecule has 4 rings (SSSR count). The molecule has 0 N–H and O–H groups in total. The topological polar surface area (TPSA) is 74.8 Å². The lowest BCUT2D eigenvalue weighted by Gasteiger charge is -2.30.